The second-order valence-electron chi connectivity index (χ2n) is 5.30. The van der Waals surface area contributed by atoms with Crippen LogP contribution in [0.1, 0.15) is 39.3 Å². The molecule has 0 aliphatic rings. The third-order valence-electron chi connectivity index (χ3n) is 2.23. The average molecular weight is 264 g/mol. The van der Waals surface area contributed by atoms with Gasteiger partial charge in [0.2, 0.25) is 0 Å². The van der Waals surface area contributed by atoms with Crippen LogP contribution in [0.2, 0.25) is 0 Å². The van der Waals surface area contributed by atoms with Gasteiger partial charge in [0.15, 0.2) is 0 Å². The molecule has 0 bridgehead atoms. The number of aromatic nitrogens is 3. The van der Waals surface area contributed by atoms with Crippen LogP contribution in [0.5, 0.6) is 0 Å². The summed E-state index contributed by atoms with van der Waals surface area (Å²) in [5.41, 5.74) is 0.706. The molecule has 0 spiro atoms. The molecule has 4 nitrogen and oxygen atoms in total. The van der Waals surface area contributed by atoms with E-state index in [1.807, 2.05) is 20.8 Å². The summed E-state index contributed by atoms with van der Waals surface area (Å²) in [6.07, 6.45) is -3.19. The van der Waals surface area contributed by atoms with E-state index in [0.717, 1.165) is 5.69 Å². The number of alkyl halides is 3. The Morgan fingerprint density at radius 3 is 2.50 bits per heavy atom. The Hall–Kier alpha value is -1.11. The number of hydrogen-bond acceptors (Lipinski definition) is 3. The number of rotatable bonds is 5. The molecule has 18 heavy (non-hydrogen) atoms. The van der Waals surface area contributed by atoms with E-state index in [2.05, 4.69) is 15.6 Å². The molecular formula is C11H19F3N4. The molecule has 7 heteroatoms. The van der Waals surface area contributed by atoms with Crippen molar-refractivity contribution in [3.63, 3.8) is 0 Å². The maximum absolute atomic E-state index is 12.0. The molecular weight excluding hydrogens is 245 g/mol. The molecule has 0 aromatic carbocycles. The standard InChI is InChI=1S/C11H19F3N4/c1-10(2,3)15-7-9-8-18(17-16-9)6-4-5-11(12,13)14/h8,15H,4-7H2,1-3H3. The Kier molecular flexibility index (Phi) is 4.72. The van der Waals surface area contributed by atoms with Crippen LogP contribution in [0, 0.1) is 0 Å². The van der Waals surface area contributed by atoms with Crippen molar-refractivity contribution in [3.05, 3.63) is 11.9 Å². The third kappa shape index (κ3) is 6.58. The lowest BCUT2D eigenvalue weighted by atomic mass is 10.1. The van der Waals surface area contributed by atoms with Crippen molar-refractivity contribution in [2.45, 2.75) is 58.4 Å². The summed E-state index contributed by atoms with van der Waals surface area (Å²) in [6, 6.07) is 0. The van der Waals surface area contributed by atoms with Gasteiger partial charge in [-0.2, -0.15) is 13.2 Å². The third-order valence-corrected chi connectivity index (χ3v) is 2.23. The van der Waals surface area contributed by atoms with E-state index < -0.39 is 12.6 Å². The number of nitrogens with one attached hydrogen (secondary N) is 1. The predicted molar refractivity (Wildman–Crippen MR) is 61.9 cm³/mol. The minimum absolute atomic E-state index is 0.0268. The SMILES string of the molecule is CC(C)(C)NCc1cn(CCCC(F)(F)F)nn1. The van der Waals surface area contributed by atoms with Crippen molar-refractivity contribution in [1.82, 2.24) is 20.3 Å². The molecule has 0 saturated heterocycles. The van der Waals surface area contributed by atoms with Gasteiger partial charge in [-0.25, -0.2) is 0 Å². The quantitative estimate of drug-likeness (QED) is 0.888. The Morgan fingerprint density at radius 2 is 1.94 bits per heavy atom. The fourth-order valence-electron chi connectivity index (χ4n) is 1.33. The summed E-state index contributed by atoms with van der Waals surface area (Å²) < 4.78 is 37.3. The molecule has 0 unspecified atom stereocenters. The zero-order valence-electron chi connectivity index (χ0n) is 10.9. The van der Waals surface area contributed by atoms with Crippen LogP contribution in [0.4, 0.5) is 13.2 Å². The summed E-state index contributed by atoms with van der Waals surface area (Å²) in [7, 11) is 0. The highest BCUT2D eigenvalue weighted by Crippen LogP contribution is 2.21. The van der Waals surface area contributed by atoms with Gasteiger partial charge in [0.25, 0.3) is 0 Å². The number of hydrogen-bond donors (Lipinski definition) is 1. The van der Waals surface area contributed by atoms with Gasteiger partial charge < -0.3 is 5.32 Å². The van der Waals surface area contributed by atoms with Crippen LogP contribution in [0.15, 0.2) is 6.20 Å². The van der Waals surface area contributed by atoms with Crippen LogP contribution in [-0.4, -0.2) is 26.7 Å². The first-order valence-corrected chi connectivity index (χ1v) is 5.86. The highest BCUT2D eigenvalue weighted by Gasteiger charge is 2.26. The zero-order chi connectivity index (χ0) is 13.8. The van der Waals surface area contributed by atoms with Gasteiger partial charge in [-0.05, 0) is 27.2 Å². The molecule has 1 aromatic heterocycles. The largest absolute Gasteiger partial charge is 0.389 e. The molecule has 1 aromatic rings. The van der Waals surface area contributed by atoms with Crippen molar-refractivity contribution >= 4 is 0 Å². The van der Waals surface area contributed by atoms with Crippen LogP contribution < -0.4 is 5.32 Å². The summed E-state index contributed by atoms with van der Waals surface area (Å²) in [6.45, 7) is 6.88. The molecule has 0 atom stereocenters. The van der Waals surface area contributed by atoms with Crippen molar-refractivity contribution in [1.29, 1.82) is 0 Å². The first-order chi connectivity index (χ1) is 8.16. The Morgan fingerprint density at radius 1 is 1.28 bits per heavy atom. The molecule has 104 valence electrons. The van der Waals surface area contributed by atoms with Gasteiger partial charge in [0.1, 0.15) is 0 Å². The normalized spacial score (nSPS) is 13.0. The highest BCUT2D eigenvalue weighted by molar-refractivity contribution is 4.93. The summed E-state index contributed by atoms with van der Waals surface area (Å²) in [4.78, 5) is 0. The average Bonchev–Trinajstić information content (AvgIpc) is 2.60. The van der Waals surface area contributed by atoms with Crippen molar-refractivity contribution in [2.75, 3.05) is 0 Å². The molecule has 0 aliphatic carbocycles. The predicted octanol–water partition coefficient (Wildman–Crippen LogP) is 2.51. The number of nitrogens with zero attached hydrogens (tertiary/aromatic N) is 3. The van der Waals surface area contributed by atoms with Crippen LogP contribution in [-0.2, 0) is 13.1 Å². The number of aryl methyl sites for hydroxylation is 1. The molecule has 1 N–H and O–H groups in total. The Bertz CT molecular complexity index is 365. The first-order valence-electron chi connectivity index (χ1n) is 5.86. The lowest BCUT2D eigenvalue weighted by Crippen LogP contribution is -2.35. The van der Waals surface area contributed by atoms with Gasteiger partial charge in [-0.1, -0.05) is 5.21 Å². The number of halogens is 3. The Balaban J connectivity index is 2.35. The topological polar surface area (TPSA) is 42.7 Å². The second kappa shape index (κ2) is 5.69. The van der Waals surface area contributed by atoms with E-state index in [-0.39, 0.29) is 18.5 Å². The summed E-state index contributed by atoms with van der Waals surface area (Å²) in [5.74, 6) is 0. The van der Waals surface area contributed by atoms with Gasteiger partial charge in [-0.15, -0.1) is 5.10 Å². The van der Waals surface area contributed by atoms with Gasteiger partial charge in [-0.3, -0.25) is 4.68 Å². The molecule has 0 radical (unpaired) electrons. The van der Waals surface area contributed by atoms with E-state index in [1.165, 1.54) is 4.68 Å². The van der Waals surface area contributed by atoms with Crippen molar-refractivity contribution in [3.8, 4) is 0 Å². The minimum Gasteiger partial charge on any atom is -0.306 e. The van der Waals surface area contributed by atoms with Crippen molar-refractivity contribution < 1.29 is 13.2 Å². The molecule has 1 rings (SSSR count). The fraction of sp³-hybridized carbons (Fsp3) is 0.818. The minimum atomic E-state index is -4.10. The molecule has 0 fully saturated rings. The van der Waals surface area contributed by atoms with Crippen LogP contribution >= 0.6 is 0 Å². The van der Waals surface area contributed by atoms with Gasteiger partial charge in [0, 0.05) is 31.2 Å². The summed E-state index contributed by atoms with van der Waals surface area (Å²) >= 11 is 0. The van der Waals surface area contributed by atoms with E-state index in [0.29, 0.717) is 6.54 Å². The fourth-order valence-corrected chi connectivity index (χ4v) is 1.33. The smallest absolute Gasteiger partial charge is 0.306 e. The highest BCUT2D eigenvalue weighted by atomic mass is 19.4. The lowest BCUT2D eigenvalue weighted by Gasteiger charge is -2.19. The van der Waals surface area contributed by atoms with Gasteiger partial charge in [0.05, 0.1) is 5.69 Å². The molecule has 0 saturated carbocycles. The van der Waals surface area contributed by atoms with Crippen LogP contribution in [0.3, 0.4) is 0 Å². The Labute approximate surface area is 105 Å². The molecule has 0 amide bonds. The van der Waals surface area contributed by atoms with E-state index >= 15 is 0 Å². The van der Waals surface area contributed by atoms with E-state index in [1.54, 1.807) is 6.20 Å². The van der Waals surface area contributed by atoms with E-state index in [9.17, 15) is 13.2 Å². The second-order valence-corrected chi connectivity index (χ2v) is 5.30. The first kappa shape index (κ1) is 14.9. The van der Waals surface area contributed by atoms with Gasteiger partial charge >= 0.3 is 6.18 Å². The van der Waals surface area contributed by atoms with Crippen LogP contribution in [0.25, 0.3) is 0 Å². The van der Waals surface area contributed by atoms with E-state index in [4.69, 9.17) is 0 Å². The van der Waals surface area contributed by atoms with Crippen molar-refractivity contribution in [2.24, 2.45) is 0 Å². The maximum atomic E-state index is 12.0. The molecule has 0 aliphatic heterocycles. The summed E-state index contributed by atoms with van der Waals surface area (Å²) in [5, 5.41) is 10.9. The lowest BCUT2D eigenvalue weighted by molar-refractivity contribution is -0.136. The maximum Gasteiger partial charge on any atom is 0.389 e. The zero-order valence-corrected chi connectivity index (χ0v) is 10.9. The molecule has 1 heterocycles. The monoisotopic (exact) mass is 264 g/mol.